The first-order valence-electron chi connectivity index (χ1n) is 8.10. The number of aromatic nitrogens is 1. The van der Waals surface area contributed by atoms with Crippen molar-refractivity contribution in [2.75, 3.05) is 38.0 Å². The summed E-state index contributed by atoms with van der Waals surface area (Å²) in [6, 6.07) is 10.9. The molecular formula is C18H19FN4O2. The average molecular weight is 342 g/mol. The molecule has 0 bridgehead atoms. The van der Waals surface area contributed by atoms with Crippen LogP contribution in [0.15, 0.2) is 48.7 Å². The van der Waals surface area contributed by atoms with Gasteiger partial charge < -0.3 is 10.2 Å². The number of pyridine rings is 1. The SMILES string of the molecule is O=C(CN1CCN(C(=O)c2ccccn2)CC1)Nc1ccc(F)cc1. The van der Waals surface area contributed by atoms with E-state index >= 15 is 0 Å². The van der Waals surface area contributed by atoms with E-state index in [1.807, 2.05) is 4.90 Å². The molecule has 0 aliphatic carbocycles. The van der Waals surface area contributed by atoms with Crippen molar-refractivity contribution in [3.8, 4) is 0 Å². The summed E-state index contributed by atoms with van der Waals surface area (Å²) in [4.78, 5) is 32.2. The van der Waals surface area contributed by atoms with Gasteiger partial charge in [0.15, 0.2) is 0 Å². The third kappa shape index (κ3) is 4.60. The summed E-state index contributed by atoms with van der Waals surface area (Å²) in [5.74, 6) is -0.584. The molecule has 130 valence electrons. The van der Waals surface area contributed by atoms with Crippen LogP contribution in [0.5, 0.6) is 0 Å². The second-order valence-electron chi connectivity index (χ2n) is 5.84. The van der Waals surface area contributed by atoms with Crippen LogP contribution in [0.3, 0.4) is 0 Å². The monoisotopic (exact) mass is 342 g/mol. The van der Waals surface area contributed by atoms with Gasteiger partial charge in [0, 0.05) is 38.1 Å². The number of amides is 2. The maximum absolute atomic E-state index is 12.9. The molecule has 6 nitrogen and oxygen atoms in total. The van der Waals surface area contributed by atoms with Crippen molar-refractivity contribution in [2.45, 2.75) is 0 Å². The number of carbonyl (C=O) groups excluding carboxylic acids is 2. The molecule has 2 heterocycles. The summed E-state index contributed by atoms with van der Waals surface area (Å²) in [7, 11) is 0. The first-order chi connectivity index (χ1) is 12.1. The van der Waals surface area contributed by atoms with Gasteiger partial charge in [-0.2, -0.15) is 0 Å². The number of rotatable bonds is 4. The quantitative estimate of drug-likeness (QED) is 0.917. The molecule has 1 aliphatic rings. The highest BCUT2D eigenvalue weighted by molar-refractivity contribution is 5.93. The van der Waals surface area contributed by atoms with E-state index in [1.165, 1.54) is 24.3 Å². The predicted molar refractivity (Wildman–Crippen MR) is 91.6 cm³/mol. The molecule has 1 N–H and O–H groups in total. The molecular weight excluding hydrogens is 323 g/mol. The van der Waals surface area contributed by atoms with Gasteiger partial charge in [-0.25, -0.2) is 4.39 Å². The van der Waals surface area contributed by atoms with Crippen LogP contribution in [-0.2, 0) is 4.79 Å². The highest BCUT2D eigenvalue weighted by atomic mass is 19.1. The first-order valence-corrected chi connectivity index (χ1v) is 8.10. The Morgan fingerprint density at radius 1 is 1.04 bits per heavy atom. The fourth-order valence-corrected chi connectivity index (χ4v) is 2.70. The van der Waals surface area contributed by atoms with Gasteiger partial charge >= 0.3 is 0 Å². The Morgan fingerprint density at radius 2 is 1.76 bits per heavy atom. The molecule has 1 fully saturated rings. The molecule has 3 rings (SSSR count). The standard InChI is InChI=1S/C18H19FN4O2/c19-14-4-6-15(7-5-14)21-17(24)13-22-9-11-23(12-10-22)18(25)16-3-1-2-8-20-16/h1-8H,9-13H2,(H,21,24). The molecule has 2 aromatic rings. The molecule has 2 amide bonds. The zero-order chi connectivity index (χ0) is 17.6. The van der Waals surface area contributed by atoms with E-state index in [0.717, 1.165) is 0 Å². The van der Waals surface area contributed by atoms with Crippen molar-refractivity contribution >= 4 is 17.5 Å². The molecule has 1 aromatic heterocycles. The van der Waals surface area contributed by atoms with Crippen molar-refractivity contribution in [2.24, 2.45) is 0 Å². The van der Waals surface area contributed by atoms with Gasteiger partial charge in [0.2, 0.25) is 5.91 Å². The van der Waals surface area contributed by atoms with Crippen LogP contribution < -0.4 is 5.32 Å². The first kappa shape index (κ1) is 17.0. The van der Waals surface area contributed by atoms with Gasteiger partial charge in [-0.1, -0.05) is 6.07 Å². The van der Waals surface area contributed by atoms with Crippen molar-refractivity contribution in [1.29, 1.82) is 0 Å². The number of piperazine rings is 1. The summed E-state index contributed by atoms with van der Waals surface area (Å²) in [6.45, 7) is 2.59. The van der Waals surface area contributed by atoms with Crippen LogP contribution in [0.1, 0.15) is 10.5 Å². The molecule has 0 atom stereocenters. The molecule has 0 radical (unpaired) electrons. The maximum Gasteiger partial charge on any atom is 0.272 e. The molecule has 0 spiro atoms. The summed E-state index contributed by atoms with van der Waals surface area (Å²) in [5.41, 5.74) is 1.00. The normalized spacial score (nSPS) is 15.0. The third-order valence-corrected chi connectivity index (χ3v) is 4.04. The second-order valence-corrected chi connectivity index (χ2v) is 5.84. The lowest BCUT2D eigenvalue weighted by atomic mass is 10.2. The molecule has 25 heavy (non-hydrogen) atoms. The molecule has 0 unspecified atom stereocenters. The van der Waals surface area contributed by atoms with Crippen molar-refractivity contribution in [3.63, 3.8) is 0 Å². The van der Waals surface area contributed by atoms with E-state index in [4.69, 9.17) is 0 Å². The van der Waals surface area contributed by atoms with Crippen LogP contribution in [0.25, 0.3) is 0 Å². The smallest absolute Gasteiger partial charge is 0.272 e. The number of hydrogen-bond donors (Lipinski definition) is 1. The van der Waals surface area contributed by atoms with E-state index < -0.39 is 0 Å². The third-order valence-electron chi connectivity index (χ3n) is 4.04. The lowest BCUT2D eigenvalue weighted by molar-refractivity contribution is -0.117. The molecule has 1 aromatic carbocycles. The zero-order valence-corrected chi connectivity index (χ0v) is 13.7. The molecule has 0 saturated carbocycles. The Balaban J connectivity index is 1.46. The molecule has 7 heteroatoms. The van der Waals surface area contributed by atoms with E-state index in [9.17, 15) is 14.0 Å². The average Bonchev–Trinajstić information content (AvgIpc) is 2.64. The number of benzene rings is 1. The Kier molecular flexibility index (Phi) is 5.35. The Bertz CT molecular complexity index is 729. The van der Waals surface area contributed by atoms with Gasteiger partial charge in [0.05, 0.1) is 6.54 Å². The number of hydrogen-bond acceptors (Lipinski definition) is 4. The van der Waals surface area contributed by atoms with Crippen molar-refractivity contribution < 1.29 is 14.0 Å². The van der Waals surface area contributed by atoms with Crippen molar-refractivity contribution in [1.82, 2.24) is 14.8 Å². The van der Waals surface area contributed by atoms with Gasteiger partial charge in [0.25, 0.3) is 5.91 Å². The number of nitrogens with one attached hydrogen (secondary N) is 1. The number of carbonyl (C=O) groups is 2. The number of nitrogens with zero attached hydrogens (tertiary/aromatic N) is 3. The summed E-state index contributed by atoms with van der Waals surface area (Å²) in [5, 5.41) is 2.74. The largest absolute Gasteiger partial charge is 0.335 e. The van der Waals surface area contributed by atoms with Gasteiger partial charge in [-0.15, -0.1) is 0 Å². The second kappa shape index (κ2) is 7.85. The van der Waals surface area contributed by atoms with Crippen LogP contribution in [0, 0.1) is 5.82 Å². The van der Waals surface area contributed by atoms with Gasteiger partial charge in [-0.3, -0.25) is 19.5 Å². The highest BCUT2D eigenvalue weighted by Crippen LogP contribution is 2.10. The van der Waals surface area contributed by atoms with E-state index in [-0.39, 0.29) is 24.2 Å². The minimum Gasteiger partial charge on any atom is -0.335 e. The summed E-state index contributed by atoms with van der Waals surface area (Å²) < 4.78 is 12.9. The predicted octanol–water partition coefficient (Wildman–Crippen LogP) is 1.62. The molecule has 1 saturated heterocycles. The van der Waals surface area contributed by atoms with Crippen LogP contribution >= 0.6 is 0 Å². The lowest BCUT2D eigenvalue weighted by Crippen LogP contribution is -2.50. The highest BCUT2D eigenvalue weighted by Gasteiger charge is 2.23. The molecule has 1 aliphatic heterocycles. The minimum atomic E-state index is -0.341. The Morgan fingerprint density at radius 3 is 2.40 bits per heavy atom. The van der Waals surface area contributed by atoms with E-state index in [0.29, 0.717) is 37.6 Å². The zero-order valence-electron chi connectivity index (χ0n) is 13.7. The Labute approximate surface area is 145 Å². The van der Waals surface area contributed by atoms with Crippen LogP contribution in [-0.4, -0.2) is 59.3 Å². The van der Waals surface area contributed by atoms with Crippen LogP contribution in [0.4, 0.5) is 10.1 Å². The van der Waals surface area contributed by atoms with Gasteiger partial charge in [0.1, 0.15) is 11.5 Å². The fraction of sp³-hybridized carbons (Fsp3) is 0.278. The lowest BCUT2D eigenvalue weighted by Gasteiger charge is -2.34. The van der Waals surface area contributed by atoms with Gasteiger partial charge in [-0.05, 0) is 36.4 Å². The van der Waals surface area contributed by atoms with Crippen LogP contribution in [0.2, 0.25) is 0 Å². The Hall–Kier alpha value is -2.80. The summed E-state index contributed by atoms with van der Waals surface area (Å²) >= 11 is 0. The summed E-state index contributed by atoms with van der Waals surface area (Å²) in [6.07, 6.45) is 1.60. The topological polar surface area (TPSA) is 65.5 Å². The number of halogens is 1. The minimum absolute atomic E-state index is 0.0870. The fourth-order valence-electron chi connectivity index (χ4n) is 2.70. The maximum atomic E-state index is 12.9. The van der Waals surface area contributed by atoms with Crippen molar-refractivity contribution in [3.05, 3.63) is 60.2 Å². The van der Waals surface area contributed by atoms with E-state index in [1.54, 1.807) is 29.3 Å². The van der Waals surface area contributed by atoms with E-state index in [2.05, 4.69) is 10.3 Å². The number of anilines is 1.